The third kappa shape index (κ3) is 2.36. The summed E-state index contributed by atoms with van der Waals surface area (Å²) in [5, 5.41) is 3.24. The van der Waals surface area contributed by atoms with Gasteiger partial charge in [0.25, 0.3) is 0 Å². The zero-order chi connectivity index (χ0) is 10.7. The second kappa shape index (κ2) is 4.45. The zero-order valence-corrected chi connectivity index (χ0v) is 8.82. The molecule has 0 saturated carbocycles. The van der Waals surface area contributed by atoms with Gasteiger partial charge in [0.2, 0.25) is 0 Å². The Kier molecular flexibility index (Phi) is 3.02. The lowest BCUT2D eigenvalue weighted by atomic mass is 9.90. The van der Waals surface area contributed by atoms with E-state index in [0.29, 0.717) is 12.5 Å². The zero-order valence-electron chi connectivity index (χ0n) is 8.82. The molecule has 0 aromatic heterocycles. The van der Waals surface area contributed by atoms with Crippen LogP contribution in [0.3, 0.4) is 0 Å². The minimum Gasteiger partial charge on any atom is -0.461 e. The molecule has 1 fully saturated rings. The molecule has 1 aliphatic heterocycles. The van der Waals surface area contributed by atoms with Gasteiger partial charge in [0, 0.05) is 25.9 Å². The second-order valence-corrected chi connectivity index (χ2v) is 3.83. The average molecular weight is 205 g/mol. The normalized spacial score (nSPS) is 15.8. The van der Waals surface area contributed by atoms with E-state index < -0.39 is 0 Å². The largest absolute Gasteiger partial charge is 0.461 e. The van der Waals surface area contributed by atoms with Crippen molar-refractivity contribution in [2.45, 2.75) is 19.4 Å². The van der Waals surface area contributed by atoms with Gasteiger partial charge in [0.05, 0.1) is 0 Å². The molecule has 0 atom stereocenters. The van der Waals surface area contributed by atoms with Crippen molar-refractivity contribution in [1.82, 2.24) is 5.32 Å². The average Bonchev–Trinajstić information content (AvgIpc) is 2.14. The molecule has 1 N–H and O–H groups in total. The molecule has 1 aromatic carbocycles. The Hall–Kier alpha value is -1.35. The molecule has 0 bridgehead atoms. The molecule has 15 heavy (non-hydrogen) atoms. The number of ether oxygens (including phenoxy) is 1. The van der Waals surface area contributed by atoms with Crippen molar-refractivity contribution in [3.63, 3.8) is 0 Å². The quantitative estimate of drug-likeness (QED) is 0.759. The van der Waals surface area contributed by atoms with Crippen LogP contribution in [0.1, 0.15) is 24.0 Å². The van der Waals surface area contributed by atoms with Crippen molar-refractivity contribution in [2.75, 3.05) is 13.1 Å². The van der Waals surface area contributed by atoms with Crippen LogP contribution >= 0.6 is 0 Å². The lowest BCUT2D eigenvalue weighted by Gasteiger charge is -2.29. The van der Waals surface area contributed by atoms with Gasteiger partial charge in [0.15, 0.2) is 0 Å². The molecule has 2 rings (SSSR count). The highest BCUT2D eigenvalue weighted by Crippen LogP contribution is 2.23. The first-order chi connectivity index (χ1) is 7.27. The first-order valence-electron chi connectivity index (χ1n) is 5.19. The fourth-order valence-corrected chi connectivity index (χ4v) is 1.75. The molecule has 0 amide bonds. The van der Waals surface area contributed by atoms with Gasteiger partial charge < -0.3 is 10.1 Å². The van der Waals surface area contributed by atoms with E-state index in [1.165, 1.54) is 12.5 Å². The summed E-state index contributed by atoms with van der Waals surface area (Å²) in [4.78, 5) is 10.7. The fourth-order valence-electron chi connectivity index (χ4n) is 1.75. The maximum Gasteiger partial charge on any atom is 0.302 e. The van der Waals surface area contributed by atoms with Gasteiger partial charge in [-0.3, -0.25) is 4.79 Å². The number of carbonyl (C=O) groups excluding carboxylic acids is 1. The number of hydrogen-bond acceptors (Lipinski definition) is 3. The molecule has 3 heteroatoms. The molecule has 1 saturated heterocycles. The van der Waals surface area contributed by atoms with Crippen LogP contribution < -0.4 is 5.32 Å². The number of carbonyl (C=O) groups is 1. The number of nitrogens with one attached hydrogen (secondary N) is 1. The minimum atomic E-state index is -0.225. The van der Waals surface area contributed by atoms with E-state index in [-0.39, 0.29) is 5.97 Å². The predicted octanol–water partition coefficient (Wildman–Crippen LogP) is 1.44. The SMILES string of the molecule is CC(=O)OCc1ccccc1C1CNC1. The van der Waals surface area contributed by atoms with Gasteiger partial charge in [-0.15, -0.1) is 0 Å². The van der Waals surface area contributed by atoms with Crippen molar-refractivity contribution in [2.24, 2.45) is 0 Å². The maximum atomic E-state index is 10.7. The van der Waals surface area contributed by atoms with E-state index in [4.69, 9.17) is 4.74 Å². The molecule has 3 nitrogen and oxygen atoms in total. The molecule has 1 heterocycles. The van der Waals surface area contributed by atoms with E-state index in [2.05, 4.69) is 11.4 Å². The lowest BCUT2D eigenvalue weighted by molar-refractivity contribution is -0.142. The predicted molar refractivity (Wildman–Crippen MR) is 57.5 cm³/mol. The fraction of sp³-hybridized carbons (Fsp3) is 0.417. The monoisotopic (exact) mass is 205 g/mol. The Balaban J connectivity index is 2.10. The molecule has 0 aliphatic carbocycles. The van der Waals surface area contributed by atoms with Gasteiger partial charge in [-0.05, 0) is 11.1 Å². The molecular formula is C12H15NO2. The van der Waals surface area contributed by atoms with E-state index in [1.807, 2.05) is 18.2 Å². The molecule has 0 spiro atoms. The highest BCUT2D eigenvalue weighted by molar-refractivity contribution is 5.66. The summed E-state index contributed by atoms with van der Waals surface area (Å²) in [6, 6.07) is 8.15. The summed E-state index contributed by atoms with van der Waals surface area (Å²) in [7, 11) is 0. The van der Waals surface area contributed by atoms with Crippen LogP contribution in [-0.4, -0.2) is 19.1 Å². The van der Waals surface area contributed by atoms with E-state index in [9.17, 15) is 4.79 Å². The van der Waals surface area contributed by atoms with Crippen molar-refractivity contribution in [3.8, 4) is 0 Å². The molecular weight excluding hydrogens is 190 g/mol. The summed E-state index contributed by atoms with van der Waals surface area (Å²) < 4.78 is 5.03. The first kappa shape index (κ1) is 10.2. The number of hydrogen-bond donors (Lipinski definition) is 1. The van der Waals surface area contributed by atoms with Crippen molar-refractivity contribution < 1.29 is 9.53 Å². The molecule has 1 aromatic rings. The summed E-state index contributed by atoms with van der Waals surface area (Å²) in [6.07, 6.45) is 0. The van der Waals surface area contributed by atoms with Gasteiger partial charge in [0.1, 0.15) is 6.61 Å². The summed E-state index contributed by atoms with van der Waals surface area (Å²) in [6.45, 7) is 3.88. The Morgan fingerprint density at radius 1 is 1.47 bits per heavy atom. The standard InChI is InChI=1S/C12H15NO2/c1-9(14)15-8-10-4-2-3-5-12(10)11-6-13-7-11/h2-5,11,13H,6-8H2,1H3. The van der Waals surface area contributed by atoms with E-state index in [0.717, 1.165) is 18.7 Å². The van der Waals surface area contributed by atoms with Crippen LogP contribution in [-0.2, 0) is 16.1 Å². The molecule has 1 aliphatic rings. The summed E-state index contributed by atoms with van der Waals surface area (Å²) >= 11 is 0. The maximum absolute atomic E-state index is 10.7. The minimum absolute atomic E-state index is 0.225. The summed E-state index contributed by atoms with van der Waals surface area (Å²) in [5.41, 5.74) is 2.43. The Bertz CT molecular complexity index is 358. The number of benzene rings is 1. The van der Waals surface area contributed by atoms with Crippen molar-refractivity contribution in [1.29, 1.82) is 0 Å². The highest BCUT2D eigenvalue weighted by atomic mass is 16.5. The van der Waals surface area contributed by atoms with E-state index >= 15 is 0 Å². The Morgan fingerprint density at radius 2 is 2.20 bits per heavy atom. The van der Waals surface area contributed by atoms with Crippen LogP contribution in [0.5, 0.6) is 0 Å². The van der Waals surface area contributed by atoms with Crippen molar-refractivity contribution in [3.05, 3.63) is 35.4 Å². The highest BCUT2D eigenvalue weighted by Gasteiger charge is 2.21. The van der Waals surface area contributed by atoms with Crippen LogP contribution in [0.15, 0.2) is 24.3 Å². The number of esters is 1. The summed E-state index contributed by atoms with van der Waals surface area (Å²) in [5.74, 6) is 0.355. The molecule has 0 unspecified atom stereocenters. The van der Waals surface area contributed by atoms with Crippen molar-refractivity contribution >= 4 is 5.97 Å². The number of rotatable bonds is 3. The smallest absolute Gasteiger partial charge is 0.302 e. The van der Waals surface area contributed by atoms with Gasteiger partial charge in [-0.1, -0.05) is 24.3 Å². The second-order valence-electron chi connectivity index (χ2n) is 3.83. The Labute approximate surface area is 89.4 Å². The van der Waals surface area contributed by atoms with Crippen LogP contribution in [0.25, 0.3) is 0 Å². The Morgan fingerprint density at radius 3 is 2.80 bits per heavy atom. The lowest BCUT2D eigenvalue weighted by Crippen LogP contribution is -2.40. The topological polar surface area (TPSA) is 38.3 Å². The molecule has 80 valence electrons. The van der Waals surface area contributed by atoms with Gasteiger partial charge in [-0.2, -0.15) is 0 Å². The van der Waals surface area contributed by atoms with E-state index in [1.54, 1.807) is 0 Å². The third-order valence-corrected chi connectivity index (χ3v) is 2.71. The van der Waals surface area contributed by atoms with Gasteiger partial charge >= 0.3 is 5.97 Å². The van der Waals surface area contributed by atoms with Crippen LogP contribution in [0, 0.1) is 0 Å². The van der Waals surface area contributed by atoms with Crippen LogP contribution in [0.2, 0.25) is 0 Å². The van der Waals surface area contributed by atoms with Crippen LogP contribution in [0.4, 0.5) is 0 Å². The third-order valence-electron chi connectivity index (χ3n) is 2.71. The van der Waals surface area contributed by atoms with Gasteiger partial charge in [-0.25, -0.2) is 0 Å². The molecule has 0 radical (unpaired) electrons. The first-order valence-corrected chi connectivity index (χ1v) is 5.19.